The fourth-order valence-corrected chi connectivity index (χ4v) is 4.69. The van der Waals surface area contributed by atoms with Crippen LogP contribution in [0, 0.1) is 16.7 Å². The molecule has 42 heavy (non-hydrogen) atoms. The van der Waals surface area contributed by atoms with Gasteiger partial charge < -0.3 is 25.6 Å². The van der Waals surface area contributed by atoms with Crippen LogP contribution >= 0.6 is 0 Å². The van der Waals surface area contributed by atoms with Crippen molar-refractivity contribution >= 4 is 23.0 Å². The fourth-order valence-electron chi connectivity index (χ4n) is 4.69. The average molecular weight is 594 g/mol. The number of benzene rings is 1. The fraction of sp³-hybridized carbons (Fsp3) is 0.333. The molecule has 3 aromatic rings. The van der Waals surface area contributed by atoms with Crippen LogP contribution in [0.3, 0.4) is 0 Å². The summed E-state index contributed by atoms with van der Waals surface area (Å²) < 4.78 is 77.9. The van der Waals surface area contributed by atoms with Gasteiger partial charge in [-0.25, -0.2) is 4.98 Å². The van der Waals surface area contributed by atoms with Gasteiger partial charge in [0, 0.05) is 31.2 Å². The number of alkyl halides is 6. The summed E-state index contributed by atoms with van der Waals surface area (Å²) in [5.41, 5.74) is -2.50. The lowest BCUT2D eigenvalue weighted by atomic mass is 9.84. The summed E-state index contributed by atoms with van der Waals surface area (Å²) in [6.07, 6.45) is -9.03. The molecule has 0 amide bonds. The van der Waals surface area contributed by atoms with Crippen LogP contribution in [0.4, 0.5) is 43.5 Å². The van der Waals surface area contributed by atoms with E-state index in [0.29, 0.717) is 12.8 Å². The molecule has 9 nitrogen and oxygen atoms in total. The number of amidine groups is 1. The number of rotatable bonds is 7. The molecule has 0 radical (unpaired) electrons. The Kier molecular flexibility index (Phi) is 8.48. The van der Waals surface area contributed by atoms with Crippen LogP contribution in [0.5, 0.6) is 0 Å². The quantitative estimate of drug-likeness (QED) is 0.144. The number of nitrogens with zero attached hydrogens (tertiary/aromatic N) is 3. The normalized spacial score (nSPS) is 15.9. The minimum atomic E-state index is -4.85. The van der Waals surface area contributed by atoms with E-state index in [0.717, 1.165) is 30.5 Å². The van der Waals surface area contributed by atoms with Crippen molar-refractivity contribution in [2.75, 3.05) is 28.6 Å². The zero-order valence-electron chi connectivity index (χ0n) is 21.8. The molecule has 222 valence electrons. The summed E-state index contributed by atoms with van der Waals surface area (Å²) >= 11 is 0. The minimum Gasteiger partial charge on any atom is -0.379 e. The molecule has 0 aliphatic carbocycles. The van der Waals surface area contributed by atoms with Crippen molar-refractivity contribution in [3.05, 3.63) is 81.9 Å². The van der Waals surface area contributed by atoms with Crippen molar-refractivity contribution < 1.29 is 31.4 Å². The lowest BCUT2D eigenvalue weighted by Crippen LogP contribution is -2.50. The molecule has 1 aromatic carbocycles. The van der Waals surface area contributed by atoms with E-state index in [-0.39, 0.29) is 48.1 Å². The first kappa shape index (κ1) is 30.4. The van der Waals surface area contributed by atoms with Gasteiger partial charge in [0.2, 0.25) is 0 Å². The Hall–Kier alpha value is -4.58. The Morgan fingerprint density at radius 2 is 1.81 bits per heavy atom. The summed E-state index contributed by atoms with van der Waals surface area (Å²) in [6, 6.07) is 9.97. The second-order valence-corrected chi connectivity index (χ2v) is 9.79. The SMILES string of the molecule is N#CCC1(Nc2cc[nH]c(=O)c2C(=N)Nc2ccc([C@H](O)C(F)(F)F)cc2)CCN(c2cc(C(F)(F)F)ccn2)CC1. The smallest absolute Gasteiger partial charge is 0.379 e. The topological polar surface area (TPSA) is 141 Å². The number of pyridine rings is 2. The number of hydrogen-bond donors (Lipinski definition) is 5. The summed E-state index contributed by atoms with van der Waals surface area (Å²) in [4.78, 5) is 21.0. The van der Waals surface area contributed by atoms with Crippen molar-refractivity contribution in [2.24, 2.45) is 0 Å². The van der Waals surface area contributed by atoms with Crippen LogP contribution < -0.4 is 21.1 Å². The Labute approximate surface area is 235 Å². The lowest BCUT2D eigenvalue weighted by molar-refractivity contribution is -0.206. The Morgan fingerprint density at radius 3 is 2.40 bits per heavy atom. The van der Waals surface area contributed by atoms with E-state index in [4.69, 9.17) is 5.41 Å². The van der Waals surface area contributed by atoms with Crippen molar-refractivity contribution in [1.29, 1.82) is 10.7 Å². The third-order valence-corrected chi connectivity index (χ3v) is 6.95. The summed E-state index contributed by atoms with van der Waals surface area (Å²) in [5.74, 6) is -0.242. The van der Waals surface area contributed by atoms with E-state index in [2.05, 4.69) is 26.7 Å². The summed E-state index contributed by atoms with van der Waals surface area (Å²) in [5, 5.41) is 33.4. The molecular weight excluding hydrogens is 568 g/mol. The first-order valence-electron chi connectivity index (χ1n) is 12.6. The Bertz CT molecular complexity index is 1520. The van der Waals surface area contributed by atoms with Crippen LogP contribution in [-0.4, -0.2) is 45.7 Å². The van der Waals surface area contributed by atoms with Crippen molar-refractivity contribution in [2.45, 2.75) is 43.3 Å². The van der Waals surface area contributed by atoms with Crippen LogP contribution in [0.2, 0.25) is 0 Å². The largest absolute Gasteiger partial charge is 0.418 e. The second kappa shape index (κ2) is 11.7. The van der Waals surface area contributed by atoms with Gasteiger partial charge in [-0.05, 0) is 48.7 Å². The van der Waals surface area contributed by atoms with Gasteiger partial charge in [-0.2, -0.15) is 31.6 Å². The molecular formula is C27H25F6N7O2. The Morgan fingerprint density at radius 1 is 1.14 bits per heavy atom. The summed E-state index contributed by atoms with van der Waals surface area (Å²) in [7, 11) is 0. The van der Waals surface area contributed by atoms with Crippen LogP contribution in [-0.2, 0) is 6.18 Å². The number of anilines is 3. The molecule has 0 bridgehead atoms. The van der Waals surface area contributed by atoms with E-state index in [1.165, 1.54) is 24.4 Å². The number of piperidine rings is 1. The van der Waals surface area contributed by atoms with Crippen molar-refractivity contribution in [3.63, 3.8) is 0 Å². The molecule has 1 fully saturated rings. The molecule has 1 aliphatic heterocycles. The predicted molar refractivity (Wildman–Crippen MR) is 142 cm³/mol. The average Bonchev–Trinajstić information content (AvgIpc) is 2.93. The van der Waals surface area contributed by atoms with Gasteiger partial charge in [0.05, 0.1) is 29.3 Å². The number of H-pyrrole nitrogens is 1. The van der Waals surface area contributed by atoms with E-state index >= 15 is 0 Å². The van der Waals surface area contributed by atoms with Crippen molar-refractivity contribution in [3.8, 4) is 6.07 Å². The molecule has 2 aromatic heterocycles. The number of aliphatic hydroxyl groups excluding tert-OH is 1. The molecule has 1 saturated heterocycles. The predicted octanol–water partition coefficient (Wildman–Crippen LogP) is 5.19. The van der Waals surface area contributed by atoms with Gasteiger partial charge in [0.1, 0.15) is 17.2 Å². The molecule has 0 spiro atoms. The molecule has 0 unspecified atom stereocenters. The zero-order valence-corrected chi connectivity index (χ0v) is 21.8. The first-order valence-corrected chi connectivity index (χ1v) is 12.6. The monoisotopic (exact) mass is 593 g/mol. The van der Waals surface area contributed by atoms with Gasteiger partial charge in [-0.15, -0.1) is 0 Å². The highest BCUT2D eigenvalue weighted by atomic mass is 19.4. The Balaban J connectivity index is 1.52. The number of halogens is 6. The standard InChI is InChI=1S/C27H25F6N7O2/c28-26(29,30)17-5-11-36-20(15-17)40-13-8-25(7-10-34,9-14-40)39-19-6-12-37-24(42)21(19)23(35)38-18-3-1-16(2-4-18)22(41)27(31,32)33/h1-6,11-12,15,22,41H,7-9,13-14H2,(H2,35,38)(H2,37,39,42)/t22-/m0/s1. The zero-order chi connectivity index (χ0) is 30.7. The van der Waals surface area contributed by atoms with Gasteiger partial charge in [0.25, 0.3) is 5.56 Å². The second-order valence-electron chi connectivity index (χ2n) is 9.79. The van der Waals surface area contributed by atoms with Gasteiger partial charge >= 0.3 is 12.4 Å². The molecule has 5 N–H and O–H groups in total. The third-order valence-electron chi connectivity index (χ3n) is 6.95. The highest BCUT2D eigenvalue weighted by molar-refractivity contribution is 6.09. The summed E-state index contributed by atoms with van der Waals surface area (Å²) in [6.45, 7) is 0.515. The molecule has 3 heterocycles. The molecule has 1 atom stereocenters. The number of aromatic amines is 1. The minimum absolute atomic E-state index is 0.00709. The number of nitriles is 1. The maximum atomic E-state index is 13.2. The first-order chi connectivity index (χ1) is 19.7. The highest BCUT2D eigenvalue weighted by Crippen LogP contribution is 2.35. The van der Waals surface area contributed by atoms with Crippen LogP contribution in [0.1, 0.15) is 42.1 Å². The van der Waals surface area contributed by atoms with E-state index < -0.39 is 40.7 Å². The lowest BCUT2D eigenvalue weighted by Gasteiger charge is -2.42. The number of nitrogens with one attached hydrogen (secondary N) is 4. The molecule has 4 rings (SSSR count). The van der Waals surface area contributed by atoms with Crippen LogP contribution in [0.25, 0.3) is 0 Å². The van der Waals surface area contributed by atoms with Gasteiger partial charge in [-0.1, -0.05) is 12.1 Å². The van der Waals surface area contributed by atoms with E-state index in [1.54, 1.807) is 4.90 Å². The number of aromatic nitrogens is 2. The van der Waals surface area contributed by atoms with Gasteiger partial charge in [-0.3, -0.25) is 10.2 Å². The number of aliphatic hydroxyl groups is 1. The molecule has 15 heteroatoms. The maximum absolute atomic E-state index is 13.2. The molecule has 0 saturated carbocycles. The highest BCUT2D eigenvalue weighted by Gasteiger charge is 2.39. The van der Waals surface area contributed by atoms with E-state index in [1.807, 2.05) is 0 Å². The van der Waals surface area contributed by atoms with E-state index in [9.17, 15) is 41.5 Å². The van der Waals surface area contributed by atoms with Crippen molar-refractivity contribution in [1.82, 2.24) is 9.97 Å². The maximum Gasteiger partial charge on any atom is 0.418 e. The van der Waals surface area contributed by atoms with Gasteiger partial charge in [0.15, 0.2) is 6.10 Å². The third kappa shape index (κ3) is 6.82. The van der Waals surface area contributed by atoms with Crippen LogP contribution in [0.15, 0.2) is 59.7 Å². The number of hydrogen-bond acceptors (Lipinski definition) is 7. The molecule has 1 aliphatic rings.